The molecule has 0 saturated carbocycles. The smallest absolute Gasteiger partial charge is 0.122 e. The van der Waals surface area contributed by atoms with Crippen molar-refractivity contribution in [1.29, 1.82) is 0 Å². The van der Waals surface area contributed by atoms with E-state index >= 15 is 0 Å². The molecule has 27 heavy (non-hydrogen) atoms. The highest BCUT2D eigenvalue weighted by Crippen LogP contribution is 2.47. The third-order valence-corrected chi connectivity index (χ3v) is 6.92. The summed E-state index contributed by atoms with van der Waals surface area (Å²) in [6.07, 6.45) is 2.90. The topological polar surface area (TPSA) is 32.6 Å². The zero-order valence-corrected chi connectivity index (χ0v) is 17.1. The normalized spacial score (nSPS) is 14.0. The average Bonchev–Trinajstić information content (AvgIpc) is 2.70. The molecular weight excluding hydrogens is 349 g/mol. The minimum atomic E-state index is -0.118. The summed E-state index contributed by atoms with van der Waals surface area (Å²) in [7, 11) is 0.534. The molecule has 3 rings (SSSR count). The Morgan fingerprint density at radius 1 is 0.963 bits per heavy atom. The quantitative estimate of drug-likeness (QED) is 0.411. The molecule has 0 saturated heterocycles. The van der Waals surface area contributed by atoms with Crippen molar-refractivity contribution < 1.29 is 5.11 Å². The fourth-order valence-corrected chi connectivity index (χ4v) is 4.71. The lowest BCUT2D eigenvalue weighted by atomic mass is 9.94. The molecule has 0 bridgehead atoms. The summed E-state index contributed by atoms with van der Waals surface area (Å²) in [5.74, 6) is 0.421. The molecule has 2 atom stereocenters. The zero-order valence-electron chi connectivity index (χ0n) is 16.1. The average molecular weight is 375 g/mol. The minimum Gasteiger partial charge on any atom is -0.507 e. The molecule has 0 amide bonds. The number of hydrogen-bond donors (Lipinski definition) is 1. The van der Waals surface area contributed by atoms with Crippen LogP contribution in [-0.4, -0.2) is 11.3 Å². The van der Waals surface area contributed by atoms with Gasteiger partial charge in [-0.25, -0.2) is 0 Å². The van der Waals surface area contributed by atoms with Crippen LogP contribution in [0.3, 0.4) is 0 Å². The summed E-state index contributed by atoms with van der Waals surface area (Å²) in [6.45, 7) is 6.39. The van der Waals surface area contributed by atoms with Gasteiger partial charge in [-0.2, -0.15) is 0 Å². The van der Waals surface area contributed by atoms with Crippen molar-refractivity contribution in [1.82, 2.24) is 0 Å². The number of nitrogens with zero attached hydrogens (tertiary/aromatic N) is 1. The van der Waals surface area contributed by atoms with Crippen LogP contribution in [0.25, 0.3) is 0 Å². The molecule has 0 fully saturated rings. The first kappa shape index (κ1) is 19.3. The van der Waals surface area contributed by atoms with Gasteiger partial charge in [-0.05, 0) is 36.3 Å². The fourth-order valence-electron chi connectivity index (χ4n) is 3.13. The monoisotopic (exact) mass is 375 g/mol. The van der Waals surface area contributed by atoms with Crippen molar-refractivity contribution in [2.24, 2.45) is 4.99 Å². The van der Waals surface area contributed by atoms with Gasteiger partial charge in [0.2, 0.25) is 0 Å². The summed E-state index contributed by atoms with van der Waals surface area (Å²) in [5.41, 5.74) is 4.03. The Balaban J connectivity index is 1.94. The number of hydrogen-bond acceptors (Lipinski definition) is 2. The highest BCUT2D eigenvalue weighted by molar-refractivity contribution is 7.48. The molecule has 0 aliphatic heterocycles. The van der Waals surface area contributed by atoms with Crippen LogP contribution in [0.4, 0.5) is 5.69 Å². The Morgan fingerprint density at radius 3 is 2.41 bits per heavy atom. The van der Waals surface area contributed by atoms with Crippen molar-refractivity contribution in [2.75, 3.05) is 0 Å². The molecule has 0 aromatic heterocycles. The van der Waals surface area contributed by atoms with E-state index in [9.17, 15) is 5.11 Å². The number of benzene rings is 3. The van der Waals surface area contributed by atoms with E-state index in [0.717, 1.165) is 28.8 Å². The standard InChI is InChI=1S/C24H26NOP/c1-4-24(3,21-15-10-11-18(2)23(21)26)27-22-16-9-8-12-19(22)17-25-20-13-6-5-7-14-20/h5-17,26-27H,4H2,1-3H3/b25-17+. The number of rotatable bonds is 6. The molecule has 1 N–H and O–H groups in total. The predicted octanol–water partition coefficient (Wildman–Crippen LogP) is 6.08. The Hall–Kier alpha value is -2.44. The SMILES string of the molecule is CCC(C)(Pc1ccccc1/C=N/c1ccccc1)c1cccc(C)c1O. The van der Waals surface area contributed by atoms with Crippen LogP contribution in [0.1, 0.15) is 37.0 Å². The van der Waals surface area contributed by atoms with Crippen molar-refractivity contribution >= 4 is 25.8 Å². The lowest BCUT2D eigenvalue weighted by molar-refractivity contribution is 0.452. The first-order valence-corrected chi connectivity index (χ1v) is 10.3. The number of para-hydroxylation sites is 2. The third kappa shape index (κ3) is 4.46. The largest absolute Gasteiger partial charge is 0.507 e. The summed E-state index contributed by atoms with van der Waals surface area (Å²) in [4.78, 5) is 4.63. The molecule has 3 aromatic carbocycles. The van der Waals surface area contributed by atoms with Crippen LogP contribution in [0.5, 0.6) is 5.75 Å². The molecular formula is C24H26NOP. The van der Waals surface area contributed by atoms with Gasteiger partial charge in [0.1, 0.15) is 5.75 Å². The van der Waals surface area contributed by atoms with E-state index < -0.39 is 0 Å². The van der Waals surface area contributed by atoms with Crippen molar-refractivity contribution in [3.05, 3.63) is 89.5 Å². The van der Waals surface area contributed by atoms with E-state index in [-0.39, 0.29) is 5.16 Å². The minimum absolute atomic E-state index is 0.118. The number of aryl methyl sites for hydroxylation is 1. The second kappa shape index (κ2) is 8.50. The van der Waals surface area contributed by atoms with Gasteiger partial charge in [-0.1, -0.05) is 83.1 Å². The summed E-state index contributed by atoms with van der Waals surface area (Å²) < 4.78 is 0. The second-order valence-electron chi connectivity index (χ2n) is 6.96. The zero-order chi connectivity index (χ0) is 19.3. The molecule has 2 nitrogen and oxygen atoms in total. The highest BCUT2D eigenvalue weighted by Gasteiger charge is 2.29. The van der Waals surface area contributed by atoms with Gasteiger partial charge < -0.3 is 5.11 Å². The molecule has 0 heterocycles. The van der Waals surface area contributed by atoms with Crippen molar-refractivity contribution in [3.8, 4) is 5.75 Å². The molecule has 138 valence electrons. The van der Waals surface area contributed by atoms with Crippen LogP contribution in [0, 0.1) is 6.92 Å². The van der Waals surface area contributed by atoms with E-state index in [2.05, 4.69) is 43.1 Å². The van der Waals surface area contributed by atoms with E-state index in [1.807, 2.05) is 61.7 Å². The van der Waals surface area contributed by atoms with Crippen molar-refractivity contribution in [2.45, 2.75) is 32.3 Å². The number of phenolic OH excluding ortho intramolecular Hbond substituents is 1. The summed E-state index contributed by atoms with van der Waals surface area (Å²) >= 11 is 0. The maximum Gasteiger partial charge on any atom is 0.122 e. The van der Waals surface area contributed by atoms with Gasteiger partial charge in [-0.3, -0.25) is 4.99 Å². The first-order chi connectivity index (χ1) is 13.0. The fraction of sp³-hybridized carbons (Fsp3) is 0.208. The van der Waals surface area contributed by atoms with E-state index in [1.54, 1.807) is 0 Å². The number of aliphatic imine (C=N–C) groups is 1. The lowest BCUT2D eigenvalue weighted by Gasteiger charge is -2.31. The van der Waals surface area contributed by atoms with Gasteiger partial charge in [-0.15, -0.1) is 0 Å². The van der Waals surface area contributed by atoms with Gasteiger partial charge in [0.15, 0.2) is 0 Å². The Kier molecular flexibility index (Phi) is 6.08. The van der Waals surface area contributed by atoms with Crippen LogP contribution in [0.2, 0.25) is 0 Å². The molecule has 3 heteroatoms. The maximum absolute atomic E-state index is 10.6. The van der Waals surface area contributed by atoms with E-state index in [4.69, 9.17) is 0 Å². The maximum atomic E-state index is 10.6. The van der Waals surface area contributed by atoms with Crippen LogP contribution >= 0.6 is 8.58 Å². The van der Waals surface area contributed by atoms with Crippen LogP contribution in [0.15, 0.2) is 77.8 Å². The van der Waals surface area contributed by atoms with Gasteiger partial charge in [0, 0.05) is 22.5 Å². The molecule has 0 spiro atoms. The lowest BCUT2D eigenvalue weighted by Crippen LogP contribution is -2.20. The molecule has 0 aliphatic carbocycles. The summed E-state index contributed by atoms with van der Waals surface area (Å²) in [5, 5.41) is 11.8. The van der Waals surface area contributed by atoms with Crippen LogP contribution in [-0.2, 0) is 5.16 Å². The molecule has 2 unspecified atom stereocenters. The summed E-state index contributed by atoms with van der Waals surface area (Å²) in [6, 6.07) is 24.4. The van der Waals surface area contributed by atoms with Gasteiger partial charge in [0.05, 0.1) is 5.69 Å². The Morgan fingerprint density at radius 2 is 1.67 bits per heavy atom. The van der Waals surface area contributed by atoms with E-state index in [1.165, 1.54) is 5.30 Å². The Bertz CT molecular complexity index is 936. The Labute approximate surface area is 163 Å². The van der Waals surface area contributed by atoms with Gasteiger partial charge in [0.25, 0.3) is 0 Å². The second-order valence-corrected chi connectivity index (χ2v) is 8.85. The first-order valence-electron chi connectivity index (χ1n) is 9.29. The predicted molar refractivity (Wildman–Crippen MR) is 119 cm³/mol. The number of phenols is 1. The van der Waals surface area contributed by atoms with E-state index in [0.29, 0.717) is 14.3 Å². The molecule has 0 aliphatic rings. The van der Waals surface area contributed by atoms with Crippen LogP contribution < -0.4 is 5.30 Å². The highest BCUT2D eigenvalue weighted by atomic mass is 31.1. The molecule has 3 aromatic rings. The van der Waals surface area contributed by atoms with Crippen molar-refractivity contribution in [3.63, 3.8) is 0 Å². The third-order valence-electron chi connectivity index (χ3n) is 5.02. The van der Waals surface area contributed by atoms with Gasteiger partial charge >= 0.3 is 0 Å². The number of aromatic hydroxyl groups is 1. The molecule has 0 radical (unpaired) electrons.